The van der Waals surface area contributed by atoms with E-state index in [0.29, 0.717) is 38.3 Å². The van der Waals surface area contributed by atoms with Crippen LogP contribution in [0.1, 0.15) is 80.8 Å². The van der Waals surface area contributed by atoms with E-state index in [2.05, 4.69) is 21.8 Å². The van der Waals surface area contributed by atoms with Crippen molar-refractivity contribution in [2.45, 2.75) is 82.0 Å². The van der Waals surface area contributed by atoms with Crippen LogP contribution >= 0.6 is 11.6 Å². The van der Waals surface area contributed by atoms with Crippen molar-refractivity contribution in [3.63, 3.8) is 0 Å². The Morgan fingerprint density at radius 1 is 1.16 bits per heavy atom. The number of aliphatic hydroxyl groups is 1. The first-order valence-electron chi connectivity index (χ1n) is 15.7. The van der Waals surface area contributed by atoms with Crippen LogP contribution in [-0.2, 0) is 21.9 Å². The Morgan fingerprint density at radius 2 is 1.98 bits per heavy atom. The molecule has 6 rings (SSSR count). The fourth-order valence-corrected chi connectivity index (χ4v) is 9.23. The van der Waals surface area contributed by atoms with Gasteiger partial charge < -0.3 is 14.7 Å². The lowest BCUT2D eigenvalue weighted by Gasteiger charge is -2.49. The third-order valence-corrected chi connectivity index (χ3v) is 13.0. The summed E-state index contributed by atoms with van der Waals surface area (Å²) in [5, 5.41) is 11.8. The fraction of sp³-hybridized carbons (Fsp3) is 0.559. The van der Waals surface area contributed by atoms with E-state index in [1.165, 1.54) is 11.1 Å². The molecule has 4 aliphatic rings. The van der Waals surface area contributed by atoms with Gasteiger partial charge in [-0.15, -0.1) is 0 Å². The van der Waals surface area contributed by atoms with Crippen LogP contribution in [0.5, 0.6) is 5.75 Å². The number of ether oxygens (including phenoxy) is 1. The number of nitrogens with zero attached hydrogens (tertiary/aromatic N) is 1. The van der Waals surface area contributed by atoms with Gasteiger partial charge in [-0.05, 0) is 111 Å². The molecule has 0 aromatic heterocycles. The quantitative estimate of drug-likeness (QED) is 0.376. The molecule has 7 nitrogen and oxygen atoms in total. The number of hydrogen-bond donors (Lipinski definition) is 2. The summed E-state index contributed by atoms with van der Waals surface area (Å²) in [7, 11) is -3.93. The number of anilines is 1. The van der Waals surface area contributed by atoms with Crippen molar-refractivity contribution in [3.8, 4) is 5.75 Å². The van der Waals surface area contributed by atoms with Gasteiger partial charge in [0.2, 0.25) is 10.0 Å². The molecular formula is C34H43ClN2O5S. The smallest absolute Gasteiger partial charge is 0.264 e. The largest absolute Gasteiger partial charge is 0.490 e. The zero-order valence-electron chi connectivity index (χ0n) is 25.3. The predicted molar refractivity (Wildman–Crippen MR) is 170 cm³/mol. The monoisotopic (exact) mass is 626 g/mol. The van der Waals surface area contributed by atoms with Gasteiger partial charge in [-0.25, -0.2) is 13.1 Å². The summed E-state index contributed by atoms with van der Waals surface area (Å²) in [5.41, 5.74) is 2.35. The second-order valence-corrected chi connectivity index (χ2v) is 15.8. The van der Waals surface area contributed by atoms with E-state index >= 15 is 0 Å². The maximum Gasteiger partial charge on any atom is 0.264 e. The molecule has 2 N–H and O–H groups in total. The van der Waals surface area contributed by atoms with Crippen molar-refractivity contribution in [1.82, 2.24) is 4.72 Å². The number of carbonyl (C=O) groups excluding carboxylic acids is 1. The number of nitrogens with one attached hydrogen (secondary N) is 1. The van der Waals surface area contributed by atoms with Crippen LogP contribution in [0.2, 0.25) is 5.02 Å². The van der Waals surface area contributed by atoms with Gasteiger partial charge in [-0.3, -0.25) is 4.79 Å². The van der Waals surface area contributed by atoms with Crippen LogP contribution in [0.25, 0.3) is 0 Å². The van der Waals surface area contributed by atoms with Crippen molar-refractivity contribution in [1.29, 1.82) is 0 Å². The van der Waals surface area contributed by atoms with Gasteiger partial charge >= 0.3 is 0 Å². The second-order valence-electron chi connectivity index (χ2n) is 13.4. The van der Waals surface area contributed by atoms with Crippen molar-refractivity contribution >= 4 is 33.2 Å². The van der Waals surface area contributed by atoms with Gasteiger partial charge in [-0.1, -0.05) is 43.7 Å². The SMILES string of the molecule is CC[C@@]1(O)/C=C/C[C@H](C)[C@@H](C)S(=O)(=O)NC(=O)c2ccc3c(c2)N(C[C@@H]2CC[C@H]21)C[C@@]1(CCCc2cc(Cl)ccc21)CO3. The lowest BCUT2D eigenvalue weighted by Crippen LogP contribution is -2.52. The first-order valence-corrected chi connectivity index (χ1v) is 17.6. The van der Waals surface area contributed by atoms with Crippen LogP contribution in [-0.4, -0.2) is 50.0 Å². The highest BCUT2D eigenvalue weighted by Crippen LogP contribution is 2.49. The molecule has 1 fully saturated rings. The molecule has 1 spiro atoms. The fourth-order valence-electron chi connectivity index (χ4n) is 7.75. The summed E-state index contributed by atoms with van der Waals surface area (Å²) in [6.07, 6.45) is 9.83. The number of benzene rings is 2. The first kappa shape index (κ1) is 30.5. The van der Waals surface area contributed by atoms with E-state index in [-0.39, 0.29) is 28.7 Å². The highest BCUT2D eigenvalue weighted by molar-refractivity contribution is 7.90. The number of carbonyl (C=O) groups is 1. The van der Waals surface area contributed by atoms with E-state index < -0.39 is 26.8 Å². The Labute approximate surface area is 260 Å². The standard InChI is InChI=1S/C34H43ClN2O5S/c1-4-34(39)16-5-7-22(2)23(3)43(40,41)36-32(38)25-10-14-31-30(18-25)37(19-26-9-12-29(26)34)20-33(21-42-31)15-6-8-24-17-27(35)11-13-28(24)33/h5,10-11,13-14,16-18,22-23,26,29,39H,4,6-9,12,15,19-21H2,1-3H3,(H,36,38)/b16-5+/t22-,23+,26-,29+,33-,34+/m0/s1. The average Bonchev–Trinajstić information content (AvgIpc) is 3.11. The maximum absolute atomic E-state index is 13.4. The second kappa shape index (κ2) is 11.4. The molecule has 1 amide bonds. The molecule has 6 atom stereocenters. The Morgan fingerprint density at radius 3 is 2.72 bits per heavy atom. The van der Waals surface area contributed by atoms with Gasteiger partial charge in [0.05, 0.1) is 23.1 Å². The molecule has 1 saturated carbocycles. The normalized spacial score (nSPS) is 34.5. The van der Waals surface area contributed by atoms with E-state index in [4.69, 9.17) is 16.3 Å². The Bertz CT molecular complexity index is 1540. The van der Waals surface area contributed by atoms with Crippen molar-refractivity contribution in [2.24, 2.45) is 17.8 Å². The number of hydrogen-bond acceptors (Lipinski definition) is 6. The van der Waals surface area contributed by atoms with Crippen LogP contribution in [0, 0.1) is 17.8 Å². The molecule has 0 radical (unpaired) electrons. The number of fused-ring (bicyclic) bond motifs is 4. The van der Waals surface area contributed by atoms with Crippen LogP contribution in [0.4, 0.5) is 5.69 Å². The minimum atomic E-state index is -3.93. The molecule has 2 aliphatic carbocycles. The molecule has 0 unspecified atom stereocenters. The summed E-state index contributed by atoms with van der Waals surface area (Å²) in [5.74, 6) is 0.150. The number of sulfonamides is 1. The van der Waals surface area contributed by atoms with Crippen LogP contribution in [0.15, 0.2) is 48.6 Å². The van der Waals surface area contributed by atoms with Crippen LogP contribution < -0.4 is 14.4 Å². The van der Waals surface area contributed by atoms with Crippen LogP contribution in [0.3, 0.4) is 0 Å². The van der Waals surface area contributed by atoms with Gasteiger partial charge in [0.1, 0.15) is 5.75 Å². The van der Waals surface area contributed by atoms with Crippen molar-refractivity contribution in [3.05, 3.63) is 70.3 Å². The molecule has 0 saturated heterocycles. The number of halogens is 1. The zero-order chi connectivity index (χ0) is 30.6. The zero-order valence-corrected chi connectivity index (χ0v) is 26.9. The summed E-state index contributed by atoms with van der Waals surface area (Å²) in [6.45, 7) is 7.41. The van der Waals surface area contributed by atoms with E-state index in [0.717, 1.165) is 42.8 Å². The topological polar surface area (TPSA) is 95.9 Å². The van der Waals surface area contributed by atoms with E-state index in [1.807, 2.05) is 32.1 Å². The molecule has 2 aromatic rings. The summed E-state index contributed by atoms with van der Waals surface area (Å²) in [4.78, 5) is 15.7. The van der Waals surface area contributed by atoms with Crippen molar-refractivity contribution < 1.29 is 23.1 Å². The predicted octanol–water partition coefficient (Wildman–Crippen LogP) is 6.02. The van der Waals surface area contributed by atoms with Gasteiger partial charge in [0.25, 0.3) is 5.91 Å². The molecule has 43 heavy (non-hydrogen) atoms. The molecule has 9 heteroatoms. The molecular weight excluding hydrogens is 584 g/mol. The minimum Gasteiger partial charge on any atom is -0.490 e. The lowest BCUT2D eigenvalue weighted by molar-refractivity contribution is -0.0475. The van der Waals surface area contributed by atoms with E-state index in [9.17, 15) is 18.3 Å². The number of rotatable bonds is 1. The Hall–Kier alpha value is -2.55. The highest BCUT2D eigenvalue weighted by atomic mass is 35.5. The Balaban J connectivity index is 1.45. The third-order valence-electron chi connectivity index (χ3n) is 10.8. The van der Waals surface area contributed by atoms with E-state index in [1.54, 1.807) is 25.1 Å². The molecule has 2 aliphatic heterocycles. The number of amides is 1. The molecule has 232 valence electrons. The molecule has 2 heterocycles. The molecule has 2 aromatic carbocycles. The summed E-state index contributed by atoms with van der Waals surface area (Å²) >= 11 is 6.40. The molecule has 2 bridgehead atoms. The summed E-state index contributed by atoms with van der Waals surface area (Å²) < 4.78 is 35.4. The Kier molecular flexibility index (Phi) is 8.10. The third kappa shape index (κ3) is 5.59. The lowest BCUT2D eigenvalue weighted by atomic mass is 9.63. The van der Waals surface area contributed by atoms with Crippen molar-refractivity contribution in [2.75, 3.05) is 24.6 Å². The van der Waals surface area contributed by atoms with Gasteiger partial charge in [0, 0.05) is 29.1 Å². The van der Waals surface area contributed by atoms with Gasteiger partial charge in [-0.2, -0.15) is 0 Å². The first-order chi connectivity index (χ1) is 20.4. The summed E-state index contributed by atoms with van der Waals surface area (Å²) in [6, 6.07) is 11.4. The average molecular weight is 627 g/mol. The minimum absolute atomic E-state index is 0.0885. The number of allylic oxidation sites excluding steroid dienone is 1. The van der Waals surface area contributed by atoms with Gasteiger partial charge in [0.15, 0.2) is 0 Å². The highest BCUT2D eigenvalue weighted by Gasteiger charge is 2.47. The number of aryl methyl sites for hydroxylation is 1. The maximum atomic E-state index is 13.4.